The Bertz CT molecular complexity index is 6860. The summed E-state index contributed by atoms with van der Waals surface area (Å²) in [5.74, 6) is 0. The quantitative estimate of drug-likeness (QED) is 0.103. The molecule has 4 aromatic heterocycles. The van der Waals surface area contributed by atoms with Crippen molar-refractivity contribution in [3.8, 4) is 89.3 Å². The van der Waals surface area contributed by atoms with Gasteiger partial charge >= 0.3 is 0 Å². The lowest BCUT2D eigenvalue weighted by Crippen LogP contribution is -2.09. The second-order valence-corrected chi connectivity index (χ2v) is 29.5. The molecule has 0 amide bonds. The number of aromatic nitrogens is 2. The Hall–Kier alpha value is -15.2. The fraction of sp³-hybridized carbons (Fsp3) is 0. The number of fused-ring (bicyclic) bond motifs is 12. The van der Waals surface area contributed by atoms with Gasteiger partial charge in [-0.2, -0.15) is 0 Å². The molecule has 0 N–H and O–H groups in total. The third kappa shape index (κ3) is 11.4. The van der Waals surface area contributed by atoms with Gasteiger partial charge in [-0.05, 0) is 212 Å². The van der Waals surface area contributed by atoms with Crippen LogP contribution in [0.25, 0.3) is 177 Å². The predicted molar refractivity (Wildman–Crippen MR) is 477 cm³/mol. The first-order valence-corrected chi connectivity index (χ1v) is 38.9. The number of nitrogens with zero attached hydrogens (tertiary/aromatic N) is 4. The molecule has 0 fully saturated rings. The molecule has 0 aliphatic carbocycles. The molecule has 4 heterocycles. The first-order valence-electron chi connectivity index (χ1n) is 38.9. The molecule has 114 heavy (non-hydrogen) atoms. The van der Waals surface area contributed by atoms with Crippen LogP contribution in [0.15, 0.2) is 433 Å². The molecule has 22 aromatic rings. The maximum atomic E-state index is 6.54. The number of anilines is 6. The van der Waals surface area contributed by atoms with Crippen LogP contribution in [0, 0.1) is 0 Å². The minimum absolute atomic E-state index is 0.889. The molecule has 6 nitrogen and oxygen atoms in total. The van der Waals surface area contributed by atoms with Gasteiger partial charge in [-0.3, -0.25) is 0 Å². The van der Waals surface area contributed by atoms with Crippen LogP contribution < -0.4 is 9.80 Å². The largest absolute Gasteiger partial charge is 0.455 e. The van der Waals surface area contributed by atoms with E-state index in [0.717, 1.165) is 167 Å². The lowest BCUT2D eigenvalue weighted by Gasteiger charge is -2.26. The van der Waals surface area contributed by atoms with Gasteiger partial charge in [0.15, 0.2) is 0 Å². The molecule has 0 atom stereocenters. The number of rotatable bonds is 15. The minimum Gasteiger partial charge on any atom is -0.455 e. The van der Waals surface area contributed by atoms with Crippen LogP contribution in [0.5, 0.6) is 0 Å². The van der Waals surface area contributed by atoms with Gasteiger partial charge in [-0.1, -0.05) is 279 Å². The van der Waals surface area contributed by atoms with Crippen molar-refractivity contribution in [1.29, 1.82) is 0 Å². The molecule has 0 saturated heterocycles. The predicted octanol–water partition coefficient (Wildman–Crippen LogP) is 30.3. The normalized spacial score (nSPS) is 11.7. The zero-order valence-corrected chi connectivity index (χ0v) is 62.0. The Balaban J connectivity index is 0.556. The third-order valence-corrected chi connectivity index (χ3v) is 23.0. The van der Waals surface area contributed by atoms with Crippen LogP contribution in [-0.4, -0.2) is 9.13 Å². The fourth-order valence-corrected chi connectivity index (χ4v) is 17.4. The van der Waals surface area contributed by atoms with Gasteiger partial charge in [0.2, 0.25) is 0 Å². The Labute approximate surface area is 659 Å². The Kier molecular flexibility index (Phi) is 15.8. The van der Waals surface area contributed by atoms with Gasteiger partial charge in [0, 0.05) is 99.7 Å². The Morgan fingerprint density at radius 1 is 0.167 bits per heavy atom. The van der Waals surface area contributed by atoms with Crippen molar-refractivity contribution in [2.24, 2.45) is 0 Å². The Morgan fingerprint density at radius 3 is 0.702 bits per heavy atom. The van der Waals surface area contributed by atoms with Crippen molar-refractivity contribution < 1.29 is 8.83 Å². The summed E-state index contributed by atoms with van der Waals surface area (Å²) in [4.78, 5) is 4.70. The van der Waals surface area contributed by atoms with Crippen molar-refractivity contribution in [3.05, 3.63) is 425 Å². The van der Waals surface area contributed by atoms with Gasteiger partial charge in [-0.25, -0.2) is 0 Å². The molecule has 0 aliphatic heterocycles. The van der Waals surface area contributed by atoms with Crippen LogP contribution in [0.4, 0.5) is 34.1 Å². The number of para-hydroxylation sites is 8. The van der Waals surface area contributed by atoms with E-state index >= 15 is 0 Å². The summed E-state index contributed by atoms with van der Waals surface area (Å²) >= 11 is 0. The Morgan fingerprint density at radius 2 is 0.395 bits per heavy atom. The summed E-state index contributed by atoms with van der Waals surface area (Å²) in [6.45, 7) is 0. The van der Waals surface area contributed by atoms with E-state index in [0.29, 0.717) is 0 Å². The topological polar surface area (TPSA) is 42.6 Å². The first kappa shape index (κ1) is 65.8. The summed E-state index contributed by atoms with van der Waals surface area (Å²) in [5, 5.41) is 9.49. The highest BCUT2D eigenvalue weighted by Gasteiger charge is 2.22. The van der Waals surface area contributed by atoms with Crippen LogP contribution >= 0.6 is 0 Å². The summed E-state index contributed by atoms with van der Waals surface area (Å²) < 4.78 is 17.8. The van der Waals surface area contributed by atoms with Crippen molar-refractivity contribution >= 4 is 122 Å². The molecule has 0 bridgehead atoms. The zero-order chi connectivity index (χ0) is 75.2. The summed E-state index contributed by atoms with van der Waals surface area (Å²) in [6.07, 6.45) is 0. The maximum Gasteiger partial charge on any atom is 0.143 e. The van der Waals surface area contributed by atoms with Crippen LogP contribution in [0.1, 0.15) is 0 Å². The number of furan rings is 2. The number of hydrogen-bond acceptors (Lipinski definition) is 4. The van der Waals surface area contributed by atoms with Crippen molar-refractivity contribution in [2.45, 2.75) is 0 Å². The second kappa shape index (κ2) is 27.4. The van der Waals surface area contributed by atoms with Gasteiger partial charge in [-0.15, -0.1) is 0 Å². The highest BCUT2D eigenvalue weighted by molar-refractivity contribution is 6.13. The van der Waals surface area contributed by atoms with E-state index in [1.165, 1.54) is 43.6 Å². The summed E-state index contributed by atoms with van der Waals surface area (Å²) in [5.41, 5.74) is 32.6. The number of hydrogen-bond donors (Lipinski definition) is 0. The van der Waals surface area contributed by atoms with Gasteiger partial charge in [0.25, 0.3) is 0 Å². The van der Waals surface area contributed by atoms with Crippen LogP contribution in [-0.2, 0) is 0 Å². The number of benzene rings is 18. The first-order chi connectivity index (χ1) is 56.5. The molecule has 6 heteroatoms. The van der Waals surface area contributed by atoms with Crippen molar-refractivity contribution in [2.75, 3.05) is 9.80 Å². The van der Waals surface area contributed by atoms with E-state index in [9.17, 15) is 0 Å². The smallest absolute Gasteiger partial charge is 0.143 e. The highest BCUT2D eigenvalue weighted by Crippen LogP contribution is 2.45. The lowest BCUT2D eigenvalue weighted by atomic mass is 9.96. The van der Waals surface area contributed by atoms with Gasteiger partial charge in [0.05, 0.1) is 22.1 Å². The third-order valence-electron chi connectivity index (χ3n) is 23.0. The van der Waals surface area contributed by atoms with E-state index in [-0.39, 0.29) is 0 Å². The van der Waals surface area contributed by atoms with Crippen molar-refractivity contribution in [1.82, 2.24) is 9.13 Å². The van der Waals surface area contributed by atoms with E-state index in [1.807, 2.05) is 24.3 Å². The average Bonchev–Trinajstić information content (AvgIpc) is 1.60. The van der Waals surface area contributed by atoms with Crippen LogP contribution in [0.3, 0.4) is 0 Å². The molecule has 0 saturated carbocycles. The molecule has 0 unspecified atom stereocenters. The molecule has 0 spiro atoms. The molecular formula is C108H70N4O2. The standard InChI is InChI=1S/C108H70N4O2/c1-7-31-101-93(21-1)94-22-2-8-32-102(94)111(101)89-61-41-73(42-62-89)71-37-53-83(54-38-71)109(87-65-49-77(50-66-87)91-27-15-29-99-97-25-5-11-35-105(97)113-107(91)99)85-57-45-75(46-58-85)79-17-13-19-81(69-79)82-20-14-18-80(70-82)76-47-59-86(60-48-76)110(88-67-51-78(52-68-88)92-28-16-30-100-98-26-6-12-36-106(98)114-108(92)100)84-55-39-72(40-56-84)74-43-63-90(64-44-74)112-103-33-9-3-23-95(103)96-24-4-10-34-104(96)112/h1-70H. The maximum absolute atomic E-state index is 6.54. The van der Waals surface area contributed by atoms with E-state index in [4.69, 9.17) is 8.83 Å². The second-order valence-electron chi connectivity index (χ2n) is 29.5. The zero-order valence-electron chi connectivity index (χ0n) is 62.0. The average molecular weight is 1460 g/mol. The molecular weight excluding hydrogens is 1390 g/mol. The molecule has 0 radical (unpaired) electrons. The SMILES string of the molecule is c1cc(-c2ccc(N(c3ccc(-c4ccc(-n5c6ccccc6c6ccccc65)cc4)cc3)c3ccc(-c4cccc5c4oc4ccccc45)cc3)cc2)cc(-c2cccc(-c3ccc(N(c4ccc(-c5ccc(-n6c7ccccc7c7ccccc76)cc5)cc4)c4ccc(-c5cccc6c5oc5ccccc56)cc4)cc3)c2)c1. The molecule has 534 valence electrons. The monoisotopic (exact) mass is 1450 g/mol. The van der Waals surface area contributed by atoms with Gasteiger partial charge in [0.1, 0.15) is 22.3 Å². The van der Waals surface area contributed by atoms with E-state index < -0.39 is 0 Å². The fourth-order valence-electron chi connectivity index (χ4n) is 17.4. The van der Waals surface area contributed by atoms with E-state index in [2.05, 4.69) is 419 Å². The van der Waals surface area contributed by atoms with Crippen LogP contribution in [0.2, 0.25) is 0 Å². The highest BCUT2D eigenvalue weighted by atomic mass is 16.3. The molecule has 0 aliphatic rings. The molecule has 22 rings (SSSR count). The van der Waals surface area contributed by atoms with Gasteiger partial charge < -0.3 is 27.8 Å². The summed E-state index contributed by atoms with van der Waals surface area (Å²) in [7, 11) is 0. The lowest BCUT2D eigenvalue weighted by molar-refractivity contribution is 0.669. The van der Waals surface area contributed by atoms with Crippen molar-refractivity contribution in [3.63, 3.8) is 0 Å². The minimum atomic E-state index is 0.889. The molecule has 18 aromatic carbocycles. The van der Waals surface area contributed by atoms with E-state index in [1.54, 1.807) is 0 Å². The summed E-state index contributed by atoms with van der Waals surface area (Å²) in [6, 6.07) is 154.